The lowest BCUT2D eigenvalue weighted by atomic mass is 9.76. The maximum Gasteiger partial charge on any atom is 0.172 e. The number of hydrogen-bond acceptors (Lipinski definition) is 7. The molecule has 1 fully saturated rings. The lowest BCUT2D eigenvalue weighted by molar-refractivity contribution is 0.0302. The minimum absolute atomic E-state index is 0.190. The topological polar surface area (TPSA) is 123 Å². The van der Waals surface area contributed by atoms with Crippen LogP contribution in [-0.4, -0.2) is 41.0 Å². The number of nitrogens with zero attached hydrogens (tertiary/aromatic N) is 5. The molecule has 3 aromatic heterocycles. The monoisotopic (exact) mass is 402 g/mol. The van der Waals surface area contributed by atoms with Crippen LogP contribution >= 0.6 is 0 Å². The number of benzene rings is 1. The van der Waals surface area contributed by atoms with Crippen LogP contribution in [0, 0.1) is 5.92 Å². The summed E-state index contributed by atoms with van der Waals surface area (Å²) in [6, 6.07) is 13.4. The van der Waals surface area contributed by atoms with Crippen molar-refractivity contribution >= 4 is 10.9 Å². The number of fused-ring (bicyclic) bond motifs is 1. The van der Waals surface area contributed by atoms with Crippen LogP contribution in [0.1, 0.15) is 30.3 Å². The van der Waals surface area contributed by atoms with E-state index in [1.165, 1.54) is 6.20 Å². The van der Waals surface area contributed by atoms with Gasteiger partial charge in [-0.25, -0.2) is 14.6 Å². The number of aliphatic hydroxyl groups is 2. The van der Waals surface area contributed by atoms with Crippen LogP contribution < -0.4 is 5.73 Å². The van der Waals surface area contributed by atoms with Crippen molar-refractivity contribution in [2.75, 3.05) is 0 Å². The number of pyridine rings is 1. The van der Waals surface area contributed by atoms with Gasteiger partial charge < -0.3 is 15.9 Å². The van der Waals surface area contributed by atoms with Crippen LogP contribution in [0.5, 0.6) is 0 Å². The molecule has 4 N–H and O–H groups in total. The summed E-state index contributed by atoms with van der Waals surface area (Å²) in [5, 5.41) is 24.7. The zero-order valence-electron chi connectivity index (χ0n) is 16.3. The summed E-state index contributed by atoms with van der Waals surface area (Å²) in [5.41, 5.74) is 10.0. The zero-order valence-corrected chi connectivity index (χ0v) is 16.3. The van der Waals surface area contributed by atoms with Gasteiger partial charge in [0.15, 0.2) is 5.82 Å². The Morgan fingerprint density at radius 1 is 1.07 bits per heavy atom. The standard InChI is InChI=1S/C22H22N6O2/c23-21(13-8-15(30)9-13)17-5-3-6-18(26-17)22-16-4-1-2-7-19(16)28(27-22)20-11-24-10-14(12-29)25-20/h1-7,10-11,13,15,21,29-30H,8-9,12,23H2/t13?,15?,21-/m0/s1. The number of para-hydroxylation sites is 1. The molecule has 0 saturated heterocycles. The van der Waals surface area contributed by atoms with Gasteiger partial charge in [0, 0.05) is 5.39 Å². The Labute approximate surface area is 173 Å². The zero-order chi connectivity index (χ0) is 20.7. The van der Waals surface area contributed by atoms with Gasteiger partial charge in [0.05, 0.1) is 53.7 Å². The Kier molecular flexibility index (Phi) is 4.74. The van der Waals surface area contributed by atoms with Crippen LogP contribution in [0.25, 0.3) is 28.1 Å². The van der Waals surface area contributed by atoms with Crippen LogP contribution in [0.15, 0.2) is 54.9 Å². The van der Waals surface area contributed by atoms with Gasteiger partial charge in [-0.05, 0) is 37.0 Å². The fourth-order valence-electron chi connectivity index (χ4n) is 3.94. The second kappa shape index (κ2) is 7.56. The quantitative estimate of drug-likeness (QED) is 0.467. The molecule has 152 valence electrons. The number of aliphatic hydroxyl groups excluding tert-OH is 2. The van der Waals surface area contributed by atoms with Gasteiger partial charge >= 0.3 is 0 Å². The molecule has 5 rings (SSSR count). The first-order valence-corrected chi connectivity index (χ1v) is 9.95. The highest BCUT2D eigenvalue weighted by molar-refractivity contribution is 5.93. The van der Waals surface area contributed by atoms with Crippen molar-refractivity contribution < 1.29 is 10.2 Å². The first kappa shape index (κ1) is 18.8. The van der Waals surface area contributed by atoms with Crippen LogP contribution in [0.4, 0.5) is 0 Å². The summed E-state index contributed by atoms with van der Waals surface area (Å²) in [5.74, 6) is 0.772. The average Bonchev–Trinajstić information content (AvgIpc) is 3.16. The molecule has 0 radical (unpaired) electrons. The maximum atomic E-state index is 9.60. The molecule has 4 aromatic rings. The lowest BCUT2D eigenvalue weighted by Gasteiger charge is -2.35. The van der Waals surface area contributed by atoms with Crippen LogP contribution in [0.3, 0.4) is 0 Å². The smallest absolute Gasteiger partial charge is 0.172 e. The minimum atomic E-state index is -0.250. The highest BCUT2D eigenvalue weighted by Gasteiger charge is 2.33. The second-order valence-electron chi connectivity index (χ2n) is 7.66. The Hall–Kier alpha value is -3.20. The predicted molar refractivity (Wildman–Crippen MR) is 111 cm³/mol. The molecular formula is C22H22N6O2. The highest BCUT2D eigenvalue weighted by atomic mass is 16.3. The molecule has 1 aliphatic carbocycles. The molecule has 8 heteroatoms. The Morgan fingerprint density at radius 3 is 2.70 bits per heavy atom. The van der Waals surface area contributed by atoms with E-state index in [1.807, 2.05) is 42.5 Å². The van der Waals surface area contributed by atoms with Crippen molar-refractivity contribution in [3.05, 3.63) is 66.2 Å². The summed E-state index contributed by atoms with van der Waals surface area (Å²) in [6.45, 7) is -0.190. The van der Waals surface area contributed by atoms with Gasteiger partial charge in [0.25, 0.3) is 0 Å². The predicted octanol–water partition coefficient (Wildman–Crippen LogP) is 2.14. The largest absolute Gasteiger partial charge is 0.393 e. The summed E-state index contributed by atoms with van der Waals surface area (Å²) in [4.78, 5) is 13.4. The molecular weight excluding hydrogens is 380 g/mol. The van der Waals surface area contributed by atoms with Crippen molar-refractivity contribution in [1.82, 2.24) is 24.7 Å². The summed E-state index contributed by atoms with van der Waals surface area (Å²) in [7, 11) is 0. The van der Waals surface area contributed by atoms with Gasteiger partial charge in [-0.2, -0.15) is 5.10 Å². The van der Waals surface area contributed by atoms with E-state index in [9.17, 15) is 10.2 Å². The molecule has 1 aromatic carbocycles. The second-order valence-corrected chi connectivity index (χ2v) is 7.66. The normalized spacial score (nSPS) is 19.6. The molecule has 3 heterocycles. The number of rotatable bonds is 5. The Morgan fingerprint density at radius 2 is 1.90 bits per heavy atom. The van der Waals surface area contributed by atoms with Gasteiger partial charge in [0.1, 0.15) is 5.69 Å². The molecule has 1 saturated carbocycles. The van der Waals surface area contributed by atoms with Crippen molar-refractivity contribution in [2.24, 2.45) is 11.7 Å². The Bertz CT molecular complexity index is 1200. The number of nitrogens with two attached hydrogens (primary N) is 1. The third kappa shape index (κ3) is 3.24. The molecule has 0 unspecified atom stereocenters. The summed E-state index contributed by atoms with van der Waals surface area (Å²) >= 11 is 0. The first-order valence-electron chi connectivity index (χ1n) is 9.95. The molecule has 1 atom stereocenters. The van der Waals surface area contributed by atoms with E-state index in [2.05, 4.69) is 9.97 Å². The maximum absolute atomic E-state index is 9.60. The van der Waals surface area contributed by atoms with Crippen molar-refractivity contribution in [1.29, 1.82) is 0 Å². The first-order chi connectivity index (χ1) is 14.6. The molecule has 8 nitrogen and oxygen atoms in total. The number of hydrogen-bond donors (Lipinski definition) is 3. The molecule has 0 aliphatic heterocycles. The summed E-state index contributed by atoms with van der Waals surface area (Å²) in [6.07, 6.45) is 4.32. The van der Waals surface area contributed by atoms with Gasteiger partial charge in [-0.3, -0.25) is 4.98 Å². The lowest BCUT2D eigenvalue weighted by Crippen LogP contribution is -2.36. The molecule has 0 amide bonds. The Balaban J connectivity index is 1.59. The fourth-order valence-corrected chi connectivity index (χ4v) is 3.94. The van der Waals surface area contributed by atoms with Crippen LogP contribution in [-0.2, 0) is 6.61 Å². The highest BCUT2D eigenvalue weighted by Crippen LogP contribution is 2.37. The third-order valence-corrected chi connectivity index (χ3v) is 5.65. The van der Waals surface area contributed by atoms with E-state index in [-0.39, 0.29) is 24.7 Å². The van der Waals surface area contributed by atoms with E-state index in [4.69, 9.17) is 15.8 Å². The number of aromatic nitrogens is 5. The van der Waals surface area contributed by atoms with Gasteiger partial charge in [0.2, 0.25) is 0 Å². The van der Waals surface area contributed by atoms with E-state index < -0.39 is 0 Å². The van der Waals surface area contributed by atoms with E-state index in [0.29, 0.717) is 24.4 Å². The van der Waals surface area contributed by atoms with Crippen molar-refractivity contribution in [2.45, 2.75) is 31.6 Å². The van der Waals surface area contributed by atoms with E-state index in [1.54, 1.807) is 10.9 Å². The van der Waals surface area contributed by atoms with Gasteiger partial charge in [-0.15, -0.1) is 0 Å². The molecule has 1 aliphatic rings. The third-order valence-electron chi connectivity index (χ3n) is 5.65. The van der Waals surface area contributed by atoms with Crippen molar-refractivity contribution in [3.8, 4) is 17.2 Å². The van der Waals surface area contributed by atoms with Crippen LogP contribution in [0.2, 0.25) is 0 Å². The SMILES string of the molecule is N[C@H](c1cccc(-c2nn(-c3cncc(CO)n3)c3ccccc23)n1)C1CC(O)C1. The van der Waals surface area contributed by atoms with E-state index >= 15 is 0 Å². The van der Waals surface area contributed by atoms with Crippen molar-refractivity contribution in [3.63, 3.8) is 0 Å². The molecule has 30 heavy (non-hydrogen) atoms. The molecule has 0 bridgehead atoms. The fraction of sp³-hybridized carbons (Fsp3) is 0.273. The van der Waals surface area contributed by atoms with E-state index in [0.717, 1.165) is 28.0 Å². The molecule has 0 spiro atoms. The minimum Gasteiger partial charge on any atom is -0.393 e. The average molecular weight is 402 g/mol. The summed E-state index contributed by atoms with van der Waals surface area (Å²) < 4.78 is 1.72. The van der Waals surface area contributed by atoms with Gasteiger partial charge in [-0.1, -0.05) is 24.3 Å².